The summed E-state index contributed by atoms with van der Waals surface area (Å²) in [6, 6.07) is 4.25. The molecule has 110 valence electrons. The second kappa shape index (κ2) is 5.88. The molecule has 0 unspecified atom stereocenters. The molecule has 0 aliphatic rings. The van der Waals surface area contributed by atoms with Gasteiger partial charge in [0.15, 0.2) is 5.13 Å². The van der Waals surface area contributed by atoms with Crippen molar-refractivity contribution < 1.29 is 9.72 Å². The van der Waals surface area contributed by atoms with Crippen molar-refractivity contribution in [1.29, 1.82) is 0 Å². The van der Waals surface area contributed by atoms with Crippen LogP contribution in [0.3, 0.4) is 0 Å². The number of aryl methyl sites for hydroxylation is 2. The van der Waals surface area contributed by atoms with E-state index < -0.39 is 10.8 Å². The number of anilines is 2. The largest absolute Gasteiger partial charge is 0.393 e. The van der Waals surface area contributed by atoms with E-state index >= 15 is 0 Å². The first-order valence-electron chi connectivity index (χ1n) is 6.24. The van der Waals surface area contributed by atoms with Crippen LogP contribution in [-0.2, 0) is 6.42 Å². The van der Waals surface area contributed by atoms with Crippen LogP contribution in [0.2, 0.25) is 0 Å². The highest BCUT2D eigenvalue weighted by molar-refractivity contribution is 7.15. The minimum atomic E-state index is -0.658. The van der Waals surface area contributed by atoms with Crippen molar-refractivity contribution in [2.24, 2.45) is 0 Å². The Balaban J connectivity index is 2.32. The molecule has 7 nitrogen and oxygen atoms in total. The maximum Gasteiger partial charge on any atom is 0.304 e. The first-order chi connectivity index (χ1) is 9.93. The topological polar surface area (TPSA) is 111 Å². The fourth-order valence-electron chi connectivity index (χ4n) is 1.92. The number of carbonyl (C=O) groups is 1. The zero-order chi connectivity index (χ0) is 15.6. The Labute approximate surface area is 125 Å². The molecule has 2 rings (SSSR count). The highest BCUT2D eigenvalue weighted by atomic mass is 32.1. The fourth-order valence-corrected chi connectivity index (χ4v) is 2.82. The molecule has 0 fully saturated rings. The average Bonchev–Trinajstić information content (AvgIpc) is 2.77. The van der Waals surface area contributed by atoms with E-state index in [2.05, 4.69) is 10.3 Å². The number of carbonyl (C=O) groups excluding carboxylic acids is 1. The van der Waals surface area contributed by atoms with Crippen LogP contribution in [0.15, 0.2) is 18.2 Å². The molecule has 0 radical (unpaired) electrons. The van der Waals surface area contributed by atoms with E-state index in [0.29, 0.717) is 5.13 Å². The van der Waals surface area contributed by atoms with Crippen molar-refractivity contribution >= 4 is 33.8 Å². The summed E-state index contributed by atoms with van der Waals surface area (Å²) in [7, 11) is 0. The third-order valence-electron chi connectivity index (χ3n) is 2.94. The SMILES string of the molecule is CCc1nc(NC(=O)c2cccc(N)c2[N+](=O)[O-])sc1C. The molecule has 1 aromatic heterocycles. The molecule has 0 aliphatic carbocycles. The van der Waals surface area contributed by atoms with E-state index in [9.17, 15) is 14.9 Å². The molecule has 3 N–H and O–H groups in total. The number of amides is 1. The van der Waals surface area contributed by atoms with E-state index in [-0.39, 0.29) is 16.9 Å². The molecule has 21 heavy (non-hydrogen) atoms. The van der Waals surface area contributed by atoms with E-state index in [0.717, 1.165) is 17.0 Å². The standard InChI is InChI=1S/C13H14N4O3S/c1-3-10-7(2)21-13(15-10)16-12(18)8-5-4-6-9(14)11(8)17(19)20/h4-6H,3,14H2,1-2H3,(H,15,16,18). The van der Waals surface area contributed by atoms with Gasteiger partial charge in [-0.3, -0.25) is 20.2 Å². The maximum atomic E-state index is 12.2. The van der Waals surface area contributed by atoms with Crippen LogP contribution in [0.1, 0.15) is 27.9 Å². The van der Waals surface area contributed by atoms with E-state index in [1.165, 1.54) is 29.5 Å². The summed E-state index contributed by atoms with van der Waals surface area (Å²) in [5.74, 6) is -0.592. The van der Waals surface area contributed by atoms with Gasteiger partial charge in [0.2, 0.25) is 0 Å². The molecular formula is C13H14N4O3S. The van der Waals surface area contributed by atoms with Crippen LogP contribution in [0, 0.1) is 17.0 Å². The summed E-state index contributed by atoms with van der Waals surface area (Å²) >= 11 is 1.34. The van der Waals surface area contributed by atoms with Crippen LogP contribution in [0.4, 0.5) is 16.5 Å². The Hall–Kier alpha value is -2.48. The van der Waals surface area contributed by atoms with Crippen molar-refractivity contribution in [3.05, 3.63) is 44.4 Å². The number of hydrogen-bond donors (Lipinski definition) is 2. The fraction of sp³-hybridized carbons (Fsp3) is 0.231. The summed E-state index contributed by atoms with van der Waals surface area (Å²) in [5, 5.41) is 14.0. The van der Waals surface area contributed by atoms with Crippen molar-refractivity contribution in [2.75, 3.05) is 11.1 Å². The summed E-state index contributed by atoms with van der Waals surface area (Å²) in [6.07, 6.45) is 0.761. The molecule has 1 aromatic carbocycles. The van der Waals surface area contributed by atoms with Crippen molar-refractivity contribution in [1.82, 2.24) is 4.98 Å². The number of nitro benzene ring substituents is 1. The molecule has 0 saturated heterocycles. The van der Waals surface area contributed by atoms with Gasteiger partial charge in [-0.05, 0) is 25.5 Å². The van der Waals surface area contributed by atoms with Gasteiger partial charge in [0.1, 0.15) is 11.3 Å². The average molecular weight is 306 g/mol. The number of thiazole rings is 1. The molecule has 0 bridgehead atoms. The number of hydrogen-bond acceptors (Lipinski definition) is 6. The van der Waals surface area contributed by atoms with E-state index in [1.807, 2.05) is 13.8 Å². The number of nitrogens with one attached hydrogen (secondary N) is 1. The number of para-hydroxylation sites is 1. The van der Waals surface area contributed by atoms with Crippen LogP contribution in [0.25, 0.3) is 0 Å². The van der Waals surface area contributed by atoms with E-state index in [4.69, 9.17) is 5.73 Å². The second-order valence-electron chi connectivity index (χ2n) is 4.33. The highest BCUT2D eigenvalue weighted by Crippen LogP contribution is 2.28. The quantitative estimate of drug-likeness (QED) is 0.512. The zero-order valence-electron chi connectivity index (χ0n) is 11.5. The lowest BCUT2D eigenvalue weighted by Crippen LogP contribution is -2.14. The number of nitro groups is 1. The van der Waals surface area contributed by atoms with Gasteiger partial charge in [-0.25, -0.2) is 4.98 Å². The summed E-state index contributed by atoms with van der Waals surface area (Å²) < 4.78 is 0. The number of aromatic nitrogens is 1. The molecule has 0 spiro atoms. The van der Waals surface area contributed by atoms with Crippen molar-refractivity contribution in [2.45, 2.75) is 20.3 Å². The molecule has 1 heterocycles. The van der Waals surface area contributed by atoms with Gasteiger partial charge in [-0.2, -0.15) is 0 Å². The number of rotatable bonds is 4. The van der Waals surface area contributed by atoms with Gasteiger partial charge in [0.05, 0.1) is 10.6 Å². The predicted octanol–water partition coefficient (Wildman–Crippen LogP) is 2.76. The summed E-state index contributed by atoms with van der Waals surface area (Å²) in [4.78, 5) is 27.9. The number of nitrogens with two attached hydrogens (primary N) is 1. The van der Waals surface area contributed by atoms with Gasteiger partial charge in [0.25, 0.3) is 5.91 Å². The molecule has 8 heteroatoms. The minimum absolute atomic E-state index is 0.0442. The first kappa shape index (κ1) is 14.9. The molecule has 0 aliphatic heterocycles. The molecule has 2 aromatic rings. The third-order valence-corrected chi connectivity index (χ3v) is 3.87. The molecular weight excluding hydrogens is 292 g/mol. The Morgan fingerprint density at radius 2 is 2.24 bits per heavy atom. The lowest BCUT2D eigenvalue weighted by Gasteiger charge is -2.04. The summed E-state index contributed by atoms with van der Waals surface area (Å²) in [6.45, 7) is 3.88. The normalized spacial score (nSPS) is 10.4. The van der Waals surface area contributed by atoms with Crippen LogP contribution in [-0.4, -0.2) is 15.8 Å². The Bertz CT molecular complexity index is 711. The highest BCUT2D eigenvalue weighted by Gasteiger charge is 2.23. The predicted molar refractivity (Wildman–Crippen MR) is 81.7 cm³/mol. The van der Waals surface area contributed by atoms with Gasteiger partial charge >= 0.3 is 5.69 Å². The molecule has 1 amide bonds. The summed E-state index contributed by atoms with van der Waals surface area (Å²) in [5.41, 5.74) is 5.96. The monoisotopic (exact) mass is 306 g/mol. The third kappa shape index (κ3) is 3.00. The van der Waals surface area contributed by atoms with Crippen LogP contribution < -0.4 is 11.1 Å². The lowest BCUT2D eigenvalue weighted by molar-refractivity contribution is -0.384. The Kier molecular flexibility index (Phi) is 4.18. The Morgan fingerprint density at radius 3 is 2.81 bits per heavy atom. The van der Waals surface area contributed by atoms with Gasteiger partial charge < -0.3 is 5.73 Å². The first-order valence-corrected chi connectivity index (χ1v) is 7.06. The Morgan fingerprint density at radius 1 is 1.52 bits per heavy atom. The van der Waals surface area contributed by atoms with Crippen LogP contribution in [0.5, 0.6) is 0 Å². The number of nitrogens with zero attached hydrogens (tertiary/aromatic N) is 2. The van der Waals surface area contributed by atoms with Gasteiger partial charge in [-0.1, -0.05) is 13.0 Å². The zero-order valence-corrected chi connectivity index (χ0v) is 12.4. The second-order valence-corrected chi connectivity index (χ2v) is 5.53. The molecule has 0 saturated carbocycles. The minimum Gasteiger partial charge on any atom is -0.393 e. The van der Waals surface area contributed by atoms with Crippen molar-refractivity contribution in [3.8, 4) is 0 Å². The lowest BCUT2D eigenvalue weighted by atomic mass is 10.1. The van der Waals surface area contributed by atoms with Crippen LogP contribution >= 0.6 is 11.3 Å². The van der Waals surface area contributed by atoms with Crippen molar-refractivity contribution in [3.63, 3.8) is 0 Å². The van der Waals surface area contributed by atoms with Gasteiger partial charge in [-0.15, -0.1) is 11.3 Å². The van der Waals surface area contributed by atoms with E-state index in [1.54, 1.807) is 0 Å². The maximum absolute atomic E-state index is 12.2. The smallest absolute Gasteiger partial charge is 0.304 e. The number of benzene rings is 1. The number of nitrogen functional groups attached to an aromatic ring is 1. The molecule has 0 atom stereocenters. The van der Waals surface area contributed by atoms with Gasteiger partial charge in [0, 0.05) is 4.88 Å².